The Labute approximate surface area is 128 Å². The lowest BCUT2D eigenvalue weighted by molar-refractivity contribution is 0.0892. The Bertz CT molecular complexity index is 434. The van der Waals surface area contributed by atoms with Crippen molar-refractivity contribution in [2.45, 2.75) is 32.7 Å². The zero-order chi connectivity index (χ0) is 15.0. The quantitative estimate of drug-likeness (QED) is 0.761. The zero-order valence-electron chi connectivity index (χ0n) is 12.2. The van der Waals surface area contributed by atoms with Crippen LogP contribution in [-0.4, -0.2) is 37.2 Å². The third kappa shape index (κ3) is 5.09. The molecule has 20 heavy (non-hydrogen) atoms. The van der Waals surface area contributed by atoms with Crippen molar-refractivity contribution in [3.63, 3.8) is 0 Å². The first-order chi connectivity index (χ1) is 9.62. The van der Waals surface area contributed by atoms with Gasteiger partial charge in [-0.1, -0.05) is 13.3 Å². The number of anilines is 1. The van der Waals surface area contributed by atoms with Gasteiger partial charge in [0, 0.05) is 24.3 Å². The van der Waals surface area contributed by atoms with Gasteiger partial charge in [0.1, 0.15) is 5.82 Å². The highest BCUT2D eigenvalue weighted by molar-refractivity contribution is 9.10. The van der Waals surface area contributed by atoms with Gasteiger partial charge < -0.3 is 15.4 Å². The number of nitrogens with zero attached hydrogens (tertiary/aromatic N) is 1. The fourth-order valence-corrected chi connectivity index (χ4v) is 2.26. The standard InChI is InChI=1S/C14H22BrN3O2/c1-4-6-11(9-20-3)18-14(19)12-7-10(15)8-17-13(12)16-5-2/h7-8,11H,4-6,9H2,1-3H3,(H,16,17)(H,18,19). The van der Waals surface area contributed by atoms with Crippen molar-refractivity contribution in [2.75, 3.05) is 25.6 Å². The van der Waals surface area contributed by atoms with E-state index in [0.717, 1.165) is 17.3 Å². The van der Waals surface area contributed by atoms with Crippen molar-refractivity contribution in [1.29, 1.82) is 0 Å². The van der Waals surface area contributed by atoms with Crippen LogP contribution in [0.3, 0.4) is 0 Å². The molecule has 0 aliphatic carbocycles. The van der Waals surface area contributed by atoms with E-state index < -0.39 is 0 Å². The molecule has 6 heteroatoms. The van der Waals surface area contributed by atoms with Gasteiger partial charge >= 0.3 is 0 Å². The van der Waals surface area contributed by atoms with Gasteiger partial charge in [-0.15, -0.1) is 0 Å². The lowest BCUT2D eigenvalue weighted by atomic mass is 10.1. The van der Waals surface area contributed by atoms with Crippen molar-refractivity contribution in [3.8, 4) is 0 Å². The fourth-order valence-electron chi connectivity index (χ4n) is 1.93. The monoisotopic (exact) mass is 343 g/mol. The number of ether oxygens (including phenoxy) is 1. The largest absolute Gasteiger partial charge is 0.383 e. The number of hydrogen-bond donors (Lipinski definition) is 2. The van der Waals surface area contributed by atoms with Crippen LogP contribution in [0.2, 0.25) is 0 Å². The molecule has 2 N–H and O–H groups in total. The molecule has 1 amide bonds. The molecule has 0 saturated carbocycles. The molecule has 0 aromatic carbocycles. The second-order valence-corrected chi connectivity index (χ2v) is 5.41. The van der Waals surface area contributed by atoms with Gasteiger partial charge in [0.05, 0.1) is 18.2 Å². The van der Waals surface area contributed by atoms with Gasteiger partial charge in [0.15, 0.2) is 0 Å². The van der Waals surface area contributed by atoms with Crippen LogP contribution in [0.15, 0.2) is 16.7 Å². The van der Waals surface area contributed by atoms with Crippen molar-refractivity contribution < 1.29 is 9.53 Å². The van der Waals surface area contributed by atoms with Gasteiger partial charge in [0.2, 0.25) is 0 Å². The molecule has 5 nitrogen and oxygen atoms in total. The Hall–Kier alpha value is -1.14. The highest BCUT2D eigenvalue weighted by atomic mass is 79.9. The van der Waals surface area contributed by atoms with E-state index in [9.17, 15) is 4.79 Å². The molecule has 112 valence electrons. The summed E-state index contributed by atoms with van der Waals surface area (Å²) in [6.45, 7) is 5.28. The molecule has 0 fully saturated rings. The summed E-state index contributed by atoms with van der Waals surface area (Å²) >= 11 is 3.35. The van der Waals surface area contributed by atoms with E-state index in [0.29, 0.717) is 24.5 Å². The SMILES string of the molecule is CCCC(COC)NC(=O)c1cc(Br)cnc1NCC. The smallest absolute Gasteiger partial charge is 0.255 e. The van der Waals surface area contributed by atoms with Gasteiger partial charge in [-0.05, 0) is 35.3 Å². The molecule has 1 aromatic rings. The number of carbonyl (C=O) groups is 1. The summed E-state index contributed by atoms with van der Waals surface area (Å²) in [5.74, 6) is 0.464. The van der Waals surface area contributed by atoms with Crippen molar-refractivity contribution in [1.82, 2.24) is 10.3 Å². The second kappa shape index (κ2) is 8.92. The molecule has 0 spiro atoms. The fraction of sp³-hybridized carbons (Fsp3) is 0.571. The normalized spacial score (nSPS) is 12.0. The first kappa shape index (κ1) is 16.9. The van der Waals surface area contributed by atoms with E-state index in [1.165, 1.54) is 0 Å². The average molecular weight is 344 g/mol. The number of carbonyl (C=O) groups excluding carboxylic acids is 1. The summed E-state index contributed by atoms with van der Waals surface area (Å²) in [5, 5.41) is 6.09. The number of methoxy groups -OCH3 is 1. The average Bonchev–Trinajstić information content (AvgIpc) is 2.41. The lowest BCUT2D eigenvalue weighted by Gasteiger charge is -2.18. The minimum absolute atomic E-state index is 0.0194. The van der Waals surface area contributed by atoms with Crippen molar-refractivity contribution in [2.24, 2.45) is 0 Å². The number of nitrogens with one attached hydrogen (secondary N) is 2. The minimum atomic E-state index is -0.134. The molecule has 0 aliphatic heterocycles. The van der Waals surface area contributed by atoms with Gasteiger partial charge in [0.25, 0.3) is 5.91 Å². The van der Waals surface area contributed by atoms with Gasteiger partial charge in [-0.2, -0.15) is 0 Å². The molecule has 1 heterocycles. The minimum Gasteiger partial charge on any atom is -0.383 e. The van der Waals surface area contributed by atoms with Crippen LogP contribution in [-0.2, 0) is 4.74 Å². The Morgan fingerprint density at radius 3 is 2.85 bits per heavy atom. The summed E-state index contributed by atoms with van der Waals surface area (Å²) in [4.78, 5) is 16.6. The number of hydrogen-bond acceptors (Lipinski definition) is 4. The third-order valence-corrected chi connectivity index (χ3v) is 3.22. The highest BCUT2D eigenvalue weighted by Crippen LogP contribution is 2.18. The van der Waals surface area contributed by atoms with Crippen LogP contribution in [0.1, 0.15) is 37.0 Å². The van der Waals surface area contributed by atoms with Crippen LogP contribution in [0.5, 0.6) is 0 Å². The molecule has 1 unspecified atom stereocenters. The van der Waals surface area contributed by atoms with E-state index in [1.807, 2.05) is 6.92 Å². The molecular weight excluding hydrogens is 322 g/mol. The Morgan fingerprint density at radius 1 is 1.50 bits per heavy atom. The number of amides is 1. The summed E-state index contributed by atoms with van der Waals surface area (Å²) in [6.07, 6.45) is 3.55. The predicted octanol–water partition coefficient (Wildman–Crippen LogP) is 2.82. The maximum absolute atomic E-state index is 12.4. The Balaban J connectivity index is 2.86. The molecule has 1 atom stereocenters. The van der Waals surface area contributed by atoms with Crippen molar-refractivity contribution in [3.05, 3.63) is 22.3 Å². The first-order valence-corrected chi connectivity index (χ1v) is 7.60. The zero-order valence-corrected chi connectivity index (χ0v) is 13.8. The number of halogens is 1. The number of aromatic nitrogens is 1. The van der Waals surface area contributed by atoms with Crippen molar-refractivity contribution >= 4 is 27.7 Å². The molecule has 0 saturated heterocycles. The molecule has 0 radical (unpaired) electrons. The molecule has 0 bridgehead atoms. The molecule has 1 rings (SSSR count). The first-order valence-electron chi connectivity index (χ1n) is 6.81. The van der Waals surface area contributed by atoms with Crippen LogP contribution in [0, 0.1) is 0 Å². The summed E-state index contributed by atoms with van der Waals surface area (Å²) in [7, 11) is 1.64. The van der Waals surface area contributed by atoms with Crippen LogP contribution < -0.4 is 10.6 Å². The van der Waals surface area contributed by atoms with Crippen LogP contribution >= 0.6 is 15.9 Å². The van der Waals surface area contributed by atoms with Gasteiger partial charge in [-0.25, -0.2) is 4.98 Å². The second-order valence-electron chi connectivity index (χ2n) is 4.49. The van der Waals surface area contributed by atoms with E-state index in [-0.39, 0.29) is 11.9 Å². The van der Waals surface area contributed by atoms with E-state index >= 15 is 0 Å². The summed E-state index contributed by atoms with van der Waals surface area (Å²) in [5.41, 5.74) is 0.540. The van der Waals surface area contributed by atoms with E-state index in [2.05, 4.69) is 38.5 Å². The lowest BCUT2D eigenvalue weighted by Crippen LogP contribution is -2.38. The highest BCUT2D eigenvalue weighted by Gasteiger charge is 2.17. The Morgan fingerprint density at radius 2 is 2.25 bits per heavy atom. The summed E-state index contributed by atoms with van der Waals surface area (Å²) in [6, 6.07) is 1.79. The summed E-state index contributed by atoms with van der Waals surface area (Å²) < 4.78 is 5.92. The molecular formula is C14H22BrN3O2. The predicted molar refractivity (Wildman–Crippen MR) is 84.1 cm³/mol. The molecule has 1 aromatic heterocycles. The Kier molecular flexibility index (Phi) is 7.54. The number of rotatable bonds is 8. The third-order valence-electron chi connectivity index (χ3n) is 2.78. The van der Waals surface area contributed by atoms with E-state index in [1.54, 1.807) is 19.4 Å². The maximum Gasteiger partial charge on any atom is 0.255 e. The van der Waals surface area contributed by atoms with Crippen LogP contribution in [0.4, 0.5) is 5.82 Å². The molecule has 0 aliphatic rings. The maximum atomic E-state index is 12.4. The van der Waals surface area contributed by atoms with E-state index in [4.69, 9.17) is 4.74 Å². The van der Waals surface area contributed by atoms with Gasteiger partial charge in [-0.3, -0.25) is 4.79 Å². The van der Waals surface area contributed by atoms with Crippen LogP contribution in [0.25, 0.3) is 0 Å². The number of pyridine rings is 1. The topological polar surface area (TPSA) is 63.2 Å².